The number of nitrogens with one attached hydrogen (secondary N) is 1. The zero-order valence-electron chi connectivity index (χ0n) is 10.7. The minimum absolute atomic E-state index is 0.296. The van der Waals surface area contributed by atoms with E-state index in [1.807, 2.05) is 0 Å². The van der Waals surface area contributed by atoms with E-state index in [4.69, 9.17) is 5.73 Å². The highest BCUT2D eigenvalue weighted by atomic mass is 16.2. The lowest BCUT2D eigenvalue weighted by molar-refractivity contribution is -0.123. The monoisotopic (exact) mass is 236 g/mol. The SMILES string of the molecule is CC(CCCN)NC(=O)C1C2C3CCC(C3)C12. The molecule has 3 aliphatic rings. The van der Waals surface area contributed by atoms with Gasteiger partial charge in [-0.3, -0.25) is 4.79 Å². The van der Waals surface area contributed by atoms with Crippen LogP contribution in [0.25, 0.3) is 0 Å². The summed E-state index contributed by atoms with van der Waals surface area (Å²) >= 11 is 0. The summed E-state index contributed by atoms with van der Waals surface area (Å²) in [4.78, 5) is 12.2. The van der Waals surface area contributed by atoms with E-state index >= 15 is 0 Å². The summed E-state index contributed by atoms with van der Waals surface area (Å²) in [5, 5.41) is 3.18. The second-order valence-corrected chi connectivity index (χ2v) is 6.35. The molecular formula is C14H24N2O. The molecule has 3 saturated carbocycles. The largest absolute Gasteiger partial charge is 0.353 e. The molecule has 0 aromatic heterocycles. The molecule has 3 heteroatoms. The Hall–Kier alpha value is -0.570. The van der Waals surface area contributed by atoms with Gasteiger partial charge in [0.25, 0.3) is 0 Å². The van der Waals surface area contributed by atoms with E-state index in [-0.39, 0.29) is 0 Å². The van der Waals surface area contributed by atoms with Crippen LogP contribution in [-0.4, -0.2) is 18.5 Å². The fraction of sp³-hybridized carbons (Fsp3) is 0.929. The van der Waals surface area contributed by atoms with E-state index < -0.39 is 0 Å². The van der Waals surface area contributed by atoms with Crippen LogP contribution in [0.5, 0.6) is 0 Å². The van der Waals surface area contributed by atoms with Crippen LogP contribution in [0.4, 0.5) is 0 Å². The van der Waals surface area contributed by atoms with Gasteiger partial charge in [-0.15, -0.1) is 0 Å². The lowest BCUT2D eigenvalue weighted by Crippen LogP contribution is -2.35. The molecule has 0 radical (unpaired) electrons. The van der Waals surface area contributed by atoms with Crippen LogP contribution in [0.2, 0.25) is 0 Å². The number of hydrogen-bond acceptors (Lipinski definition) is 2. The highest BCUT2D eigenvalue weighted by molar-refractivity contribution is 5.83. The van der Waals surface area contributed by atoms with Crippen molar-refractivity contribution in [3.05, 3.63) is 0 Å². The third-order valence-electron chi connectivity index (χ3n) is 5.27. The molecule has 0 heterocycles. The summed E-state index contributed by atoms with van der Waals surface area (Å²) in [7, 11) is 0. The summed E-state index contributed by atoms with van der Waals surface area (Å²) in [6.07, 6.45) is 6.21. The molecule has 5 atom stereocenters. The average Bonchev–Trinajstić information content (AvgIpc) is 2.76. The quantitative estimate of drug-likeness (QED) is 0.760. The van der Waals surface area contributed by atoms with E-state index in [0.717, 1.165) is 43.1 Å². The van der Waals surface area contributed by atoms with E-state index in [1.54, 1.807) is 0 Å². The van der Waals surface area contributed by atoms with Gasteiger partial charge in [0.15, 0.2) is 0 Å². The lowest BCUT2D eigenvalue weighted by Gasteiger charge is -2.15. The first kappa shape index (κ1) is 11.5. The summed E-state index contributed by atoms with van der Waals surface area (Å²) in [5.41, 5.74) is 5.49. The molecule has 3 nitrogen and oxygen atoms in total. The molecule has 1 amide bonds. The van der Waals surface area contributed by atoms with Crippen molar-refractivity contribution < 1.29 is 4.79 Å². The maximum atomic E-state index is 12.2. The Kier molecular flexibility index (Phi) is 2.89. The van der Waals surface area contributed by atoms with E-state index in [9.17, 15) is 4.79 Å². The number of fused-ring (bicyclic) bond motifs is 5. The van der Waals surface area contributed by atoms with Gasteiger partial charge in [0.2, 0.25) is 5.91 Å². The Morgan fingerprint density at radius 1 is 1.35 bits per heavy atom. The van der Waals surface area contributed by atoms with Crippen molar-refractivity contribution in [2.24, 2.45) is 35.3 Å². The molecule has 3 fully saturated rings. The van der Waals surface area contributed by atoms with Crippen molar-refractivity contribution in [3.63, 3.8) is 0 Å². The van der Waals surface area contributed by atoms with Crippen LogP contribution < -0.4 is 11.1 Å². The number of rotatable bonds is 5. The standard InChI is InChI=1S/C14H24N2O/c1-8(3-2-6-15)16-14(17)13-11-9-4-5-10(7-9)12(11)13/h8-13H,2-7,15H2,1H3,(H,16,17). The van der Waals surface area contributed by atoms with Gasteiger partial charge in [-0.25, -0.2) is 0 Å². The molecule has 2 bridgehead atoms. The minimum atomic E-state index is 0.296. The Morgan fingerprint density at radius 2 is 2.00 bits per heavy atom. The summed E-state index contributed by atoms with van der Waals surface area (Å²) in [6, 6.07) is 0.296. The third kappa shape index (κ3) is 1.88. The average molecular weight is 236 g/mol. The fourth-order valence-corrected chi connectivity index (χ4v) is 4.51. The highest BCUT2D eigenvalue weighted by Crippen LogP contribution is 2.69. The summed E-state index contributed by atoms with van der Waals surface area (Å²) in [5.74, 6) is 4.01. The molecule has 0 saturated heterocycles. The third-order valence-corrected chi connectivity index (χ3v) is 5.27. The van der Waals surface area contributed by atoms with Gasteiger partial charge in [-0.1, -0.05) is 0 Å². The number of amides is 1. The smallest absolute Gasteiger partial charge is 0.223 e. The van der Waals surface area contributed by atoms with Gasteiger partial charge in [-0.2, -0.15) is 0 Å². The maximum absolute atomic E-state index is 12.2. The van der Waals surface area contributed by atoms with Crippen molar-refractivity contribution in [3.8, 4) is 0 Å². The van der Waals surface area contributed by atoms with Crippen LogP contribution >= 0.6 is 0 Å². The van der Waals surface area contributed by atoms with Crippen molar-refractivity contribution in [1.82, 2.24) is 5.32 Å². The number of carbonyl (C=O) groups excluding carboxylic acids is 1. The molecule has 3 aliphatic carbocycles. The highest BCUT2D eigenvalue weighted by Gasteiger charge is 2.67. The van der Waals surface area contributed by atoms with Gasteiger partial charge in [0.05, 0.1) is 0 Å². The van der Waals surface area contributed by atoms with E-state index in [1.165, 1.54) is 19.3 Å². The van der Waals surface area contributed by atoms with Crippen LogP contribution in [0.15, 0.2) is 0 Å². The normalized spacial score (nSPS) is 43.3. The minimum Gasteiger partial charge on any atom is -0.353 e. The van der Waals surface area contributed by atoms with Crippen LogP contribution in [0.1, 0.15) is 39.0 Å². The van der Waals surface area contributed by atoms with Crippen LogP contribution in [-0.2, 0) is 4.79 Å². The molecule has 96 valence electrons. The molecule has 3 N–H and O–H groups in total. The molecule has 0 spiro atoms. The van der Waals surface area contributed by atoms with Gasteiger partial charge >= 0.3 is 0 Å². The molecular weight excluding hydrogens is 212 g/mol. The second kappa shape index (κ2) is 4.27. The molecule has 0 aromatic rings. The Bertz CT molecular complexity index is 301. The van der Waals surface area contributed by atoms with E-state index in [2.05, 4.69) is 12.2 Å². The zero-order valence-corrected chi connectivity index (χ0v) is 10.7. The number of carbonyl (C=O) groups is 1. The molecule has 17 heavy (non-hydrogen) atoms. The predicted molar refractivity (Wildman–Crippen MR) is 67.2 cm³/mol. The Morgan fingerprint density at radius 3 is 2.59 bits per heavy atom. The van der Waals surface area contributed by atoms with Crippen molar-refractivity contribution in [1.29, 1.82) is 0 Å². The maximum Gasteiger partial charge on any atom is 0.223 e. The van der Waals surface area contributed by atoms with Crippen molar-refractivity contribution in [2.75, 3.05) is 6.54 Å². The van der Waals surface area contributed by atoms with Gasteiger partial charge in [0.1, 0.15) is 0 Å². The molecule has 5 unspecified atom stereocenters. The number of hydrogen-bond donors (Lipinski definition) is 2. The Balaban J connectivity index is 1.49. The summed E-state index contributed by atoms with van der Waals surface area (Å²) in [6.45, 7) is 2.82. The number of nitrogens with two attached hydrogens (primary N) is 1. The predicted octanol–water partition coefficient (Wildman–Crippen LogP) is 1.52. The first-order chi connectivity index (χ1) is 8.22. The van der Waals surface area contributed by atoms with Gasteiger partial charge in [-0.05, 0) is 69.2 Å². The molecule has 3 rings (SSSR count). The van der Waals surface area contributed by atoms with Gasteiger partial charge < -0.3 is 11.1 Å². The summed E-state index contributed by atoms with van der Waals surface area (Å²) < 4.78 is 0. The van der Waals surface area contributed by atoms with Crippen LogP contribution in [0.3, 0.4) is 0 Å². The second-order valence-electron chi connectivity index (χ2n) is 6.35. The first-order valence-electron chi connectivity index (χ1n) is 7.22. The Labute approximate surface area is 104 Å². The van der Waals surface area contributed by atoms with Crippen molar-refractivity contribution in [2.45, 2.75) is 45.1 Å². The fourth-order valence-electron chi connectivity index (χ4n) is 4.51. The van der Waals surface area contributed by atoms with Crippen molar-refractivity contribution >= 4 is 5.91 Å². The van der Waals surface area contributed by atoms with E-state index in [0.29, 0.717) is 17.9 Å². The molecule has 0 aromatic carbocycles. The zero-order chi connectivity index (χ0) is 12.0. The van der Waals surface area contributed by atoms with Gasteiger partial charge in [0, 0.05) is 12.0 Å². The first-order valence-corrected chi connectivity index (χ1v) is 7.22. The lowest BCUT2D eigenvalue weighted by atomic mass is 10.0. The molecule has 0 aliphatic heterocycles. The topological polar surface area (TPSA) is 55.1 Å². The van der Waals surface area contributed by atoms with Crippen LogP contribution in [0, 0.1) is 29.6 Å².